The highest BCUT2D eigenvalue weighted by Crippen LogP contribution is 2.26. The molecule has 0 fully saturated rings. The zero-order valence-corrected chi connectivity index (χ0v) is 8.91. The maximum absolute atomic E-state index is 5.14. The largest absolute Gasteiger partial charge is 0.480 e. The lowest BCUT2D eigenvalue weighted by Crippen LogP contribution is -1.98. The molecule has 16 heavy (non-hydrogen) atoms. The van der Waals surface area contributed by atoms with E-state index in [1.54, 1.807) is 24.5 Å². The zero-order chi connectivity index (χ0) is 11.4. The molecular formula is C10H10N4O2. The van der Waals surface area contributed by atoms with Gasteiger partial charge in [-0.2, -0.15) is 15.2 Å². The Morgan fingerprint density at radius 1 is 1.19 bits per heavy atom. The van der Waals surface area contributed by atoms with Gasteiger partial charge in [-0.25, -0.2) is 4.98 Å². The predicted octanol–water partition coefficient (Wildman–Crippen LogP) is 0.951. The fraction of sp³-hybridized carbons (Fsp3) is 0.200. The van der Waals surface area contributed by atoms with Crippen molar-refractivity contribution in [2.75, 3.05) is 14.2 Å². The maximum atomic E-state index is 5.14. The molecule has 0 amide bonds. The number of hydrogen-bond acceptors (Lipinski definition) is 6. The van der Waals surface area contributed by atoms with E-state index in [9.17, 15) is 0 Å². The third-order valence-corrected chi connectivity index (χ3v) is 1.96. The van der Waals surface area contributed by atoms with E-state index in [0.717, 1.165) is 0 Å². The summed E-state index contributed by atoms with van der Waals surface area (Å²) in [6, 6.07) is 3.84. The minimum Gasteiger partial charge on any atom is -0.480 e. The van der Waals surface area contributed by atoms with E-state index in [2.05, 4.69) is 20.2 Å². The van der Waals surface area contributed by atoms with Crippen LogP contribution in [0.3, 0.4) is 0 Å². The van der Waals surface area contributed by atoms with Crippen LogP contribution in [0, 0.1) is 0 Å². The molecule has 2 aromatic rings. The maximum Gasteiger partial charge on any atom is 0.319 e. The first-order chi connectivity index (χ1) is 7.85. The van der Waals surface area contributed by atoms with Crippen molar-refractivity contribution in [1.29, 1.82) is 0 Å². The van der Waals surface area contributed by atoms with Gasteiger partial charge in [0.25, 0.3) is 0 Å². The summed E-state index contributed by atoms with van der Waals surface area (Å²) in [5.74, 6) is 0.410. The van der Waals surface area contributed by atoms with E-state index in [1.165, 1.54) is 14.2 Å². The zero-order valence-electron chi connectivity index (χ0n) is 8.91. The lowest BCUT2D eigenvalue weighted by molar-refractivity contribution is 0.353. The van der Waals surface area contributed by atoms with Crippen molar-refractivity contribution in [3.05, 3.63) is 24.5 Å². The van der Waals surface area contributed by atoms with Crippen LogP contribution in [0.2, 0.25) is 0 Å². The molecular weight excluding hydrogens is 208 g/mol. The molecule has 6 nitrogen and oxygen atoms in total. The Kier molecular flexibility index (Phi) is 2.90. The third-order valence-electron chi connectivity index (χ3n) is 1.96. The van der Waals surface area contributed by atoms with E-state index < -0.39 is 0 Å². The Morgan fingerprint density at radius 3 is 2.69 bits per heavy atom. The van der Waals surface area contributed by atoms with Gasteiger partial charge in [0.05, 0.1) is 25.5 Å². The molecule has 0 aliphatic heterocycles. The van der Waals surface area contributed by atoms with Crippen LogP contribution in [-0.2, 0) is 0 Å². The molecule has 0 spiro atoms. The Balaban J connectivity index is 2.49. The molecule has 0 atom stereocenters. The molecule has 6 heteroatoms. The van der Waals surface area contributed by atoms with Gasteiger partial charge in [-0.1, -0.05) is 0 Å². The van der Waals surface area contributed by atoms with Gasteiger partial charge >= 0.3 is 6.01 Å². The monoisotopic (exact) mass is 218 g/mol. The average molecular weight is 218 g/mol. The molecule has 0 unspecified atom stereocenters. The minimum atomic E-state index is 0.254. The number of aromatic nitrogens is 4. The van der Waals surface area contributed by atoms with Crippen molar-refractivity contribution < 1.29 is 9.47 Å². The summed E-state index contributed by atoms with van der Waals surface area (Å²) in [4.78, 5) is 8.06. The molecule has 0 radical (unpaired) electrons. The highest BCUT2D eigenvalue weighted by atomic mass is 16.5. The SMILES string of the molecule is COc1ncc(-c2cccnn2)c(OC)n1. The Hall–Kier alpha value is -2.24. The van der Waals surface area contributed by atoms with Crippen LogP contribution >= 0.6 is 0 Å². The van der Waals surface area contributed by atoms with Crippen molar-refractivity contribution in [1.82, 2.24) is 20.2 Å². The molecule has 0 aromatic carbocycles. The van der Waals surface area contributed by atoms with Gasteiger partial charge < -0.3 is 9.47 Å². The predicted molar refractivity (Wildman–Crippen MR) is 56.2 cm³/mol. The van der Waals surface area contributed by atoms with Gasteiger partial charge in [-0.15, -0.1) is 0 Å². The highest BCUT2D eigenvalue weighted by molar-refractivity contribution is 5.63. The molecule has 0 aliphatic carbocycles. The molecule has 2 aromatic heterocycles. The first-order valence-corrected chi connectivity index (χ1v) is 4.58. The summed E-state index contributed by atoms with van der Waals surface area (Å²) in [5, 5.41) is 7.75. The minimum absolute atomic E-state index is 0.254. The molecule has 0 bridgehead atoms. The first kappa shape index (κ1) is 10.3. The smallest absolute Gasteiger partial charge is 0.319 e. The Labute approximate surface area is 92.3 Å². The average Bonchev–Trinajstić information content (AvgIpc) is 2.39. The Morgan fingerprint density at radius 2 is 2.06 bits per heavy atom. The quantitative estimate of drug-likeness (QED) is 0.763. The second-order valence-corrected chi connectivity index (χ2v) is 2.89. The summed E-state index contributed by atoms with van der Waals surface area (Å²) in [6.45, 7) is 0. The van der Waals surface area contributed by atoms with Crippen LogP contribution in [-0.4, -0.2) is 34.4 Å². The van der Waals surface area contributed by atoms with E-state index in [4.69, 9.17) is 9.47 Å². The fourth-order valence-corrected chi connectivity index (χ4v) is 1.23. The highest BCUT2D eigenvalue weighted by Gasteiger charge is 2.11. The summed E-state index contributed by atoms with van der Waals surface area (Å²) in [6.07, 6.45) is 3.19. The van der Waals surface area contributed by atoms with Crippen LogP contribution in [0.25, 0.3) is 11.3 Å². The molecule has 0 saturated carbocycles. The van der Waals surface area contributed by atoms with Gasteiger partial charge in [-0.3, -0.25) is 0 Å². The number of rotatable bonds is 3. The van der Waals surface area contributed by atoms with E-state index in [-0.39, 0.29) is 6.01 Å². The van der Waals surface area contributed by atoms with E-state index in [1.807, 2.05) is 0 Å². The standard InChI is InChI=1S/C10H10N4O2/c1-15-9-7(6-11-10(13-9)16-2)8-4-3-5-12-14-8/h3-6H,1-2H3. The Bertz CT molecular complexity index is 476. The second-order valence-electron chi connectivity index (χ2n) is 2.89. The van der Waals surface area contributed by atoms with Gasteiger partial charge in [0.1, 0.15) is 0 Å². The summed E-state index contributed by atoms with van der Waals surface area (Å²) >= 11 is 0. The lowest BCUT2D eigenvalue weighted by atomic mass is 10.2. The van der Waals surface area contributed by atoms with Crippen molar-refractivity contribution in [2.24, 2.45) is 0 Å². The third kappa shape index (κ3) is 1.90. The number of nitrogens with zero attached hydrogens (tertiary/aromatic N) is 4. The van der Waals surface area contributed by atoms with E-state index >= 15 is 0 Å². The molecule has 0 aliphatic rings. The molecule has 0 N–H and O–H groups in total. The summed E-state index contributed by atoms with van der Waals surface area (Å²) in [5.41, 5.74) is 1.33. The van der Waals surface area contributed by atoms with Gasteiger partial charge in [0.2, 0.25) is 5.88 Å². The second kappa shape index (κ2) is 4.52. The van der Waals surface area contributed by atoms with Crippen molar-refractivity contribution >= 4 is 0 Å². The number of ether oxygens (including phenoxy) is 2. The lowest BCUT2D eigenvalue weighted by Gasteiger charge is -2.06. The first-order valence-electron chi connectivity index (χ1n) is 4.58. The molecule has 2 heterocycles. The fourth-order valence-electron chi connectivity index (χ4n) is 1.23. The van der Waals surface area contributed by atoms with Gasteiger partial charge in [0.15, 0.2) is 0 Å². The summed E-state index contributed by atoms with van der Waals surface area (Å²) in [7, 11) is 3.03. The number of hydrogen-bond donors (Lipinski definition) is 0. The summed E-state index contributed by atoms with van der Waals surface area (Å²) < 4.78 is 10.1. The van der Waals surface area contributed by atoms with Crippen LogP contribution < -0.4 is 9.47 Å². The van der Waals surface area contributed by atoms with Gasteiger partial charge in [0, 0.05) is 12.4 Å². The van der Waals surface area contributed by atoms with E-state index in [0.29, 0.717) is 17.1 Å². The van der Waals surface area contributed by atoms with Crippen molar-refractivity contribution in [2.45, 2.75) is 0 Å². The van der Waals surface area contributed by atoms with Crippen LogP contribution in [0.4, 0.5) is 0 Å². The van der Waals surface area contributed by atoms with Crippen molar-refractivity contribution in [3.63, 3.8) is 0 Å². The van der Waals surface area contributed by atoms with Gasteiger partial charge in [-0.05, 0) is 12.1 Å². The van der Waals surface area contributed by atoms with Crippen LogP contribution in [0.15, 0.2) is 24.5 Å². The van der Waals surface area contributed by atoms with Crippen LogP contribution in [0.5, 0.6) is 11.9 Å². The van der Waals surface area contributed by atoms with Crippen molar-refractivity contribution in [3.8, 4) is 23.1 Å². The number of methoxy groups -OCH3 is 2. The van der Waals surface area contributed by atoms with Crippen LogP contribution in [0.1, 0.15) is 0 Å². The molecule has 0 saturated heterocycles. The normalized spacial score (nSPS) is 9.88. The molecule has 2 rings (SSSR count). The molecule has 82 valence electrons. The topological polar surface area (TPSA) is 70.0 Å².